The van der Waals surface area contributed by atoms with Gasteiger partial charge in [0.1, 0.15) is 0 Å². The Bertz CT molecular complexity index is 457. The summed E-state index contributed by atoms with van der Waals surface area (Å²) < 4.78 is 0. The highest BCUT2D eigenvalue weighted by Gasteiger charge is 2.13. The molecule has 2 N–H and O–H groups in total. The van der Waals surface area contributed by atoms with E-state index in [1.807, 2.05) is 12.1 Å². The average Bonchev–Trinajstić information content (AvgIpc) is 2.51. The number of carbonyl (C=O) groups excluding carboxylic acids is 1. The van der Waals surface area contributed by atoms with Crippen LogP contribution in [0.5, 0.6) is 0 Å². The summed E-state index contributed by atoms with van der Waals surface area (Å²) in [6.45, 7) is 4.14. The average molecular weight is 288 g/mol. The Kier molecular flexibility index (Phi) is 6.74. The van der Waals surface area contributed by atoms with Gasteiger partial charge in [0.2, 0.25) is 5.91 Å². The zero-order valence-electron chi connectivity index (χ0n) is 13.2. The minimum atomic E-state index is 0.164. The summed E-state index contributed by atoms with van der Waals surface area (Å²) in [4.78, 5) is 12.1. The van der Waals surface area contributed by atoms with E-state index < -0.39 is 0 Å². The number of hydrogen-bond donors (Lipinski definition) is 2. The Morgan fingerprint density at radius 1 is 1.19 bits per heavy atom. The maximum absolute atomic E-state index is 12.1. The fourth-order valence-electron chi connectivity index (χ4n) is 2.93. The lowest BCUT2D eigenvalue weighted by Crippen LogP contribution is -2.25. The van der Waals surface area contributed by atoms with Gasteiger partial charge in [-0.25, -0.2) is 0 Å². The molecule has 0 saturated carbocycles. The molecule has 0 spiro atoms. The molecule has 1 aliphatic heterocycles. The van der Waals surface area contributed by atoms with Crippen molar-refractivity contribution in [2.24, 2.45) is 0 Å². The van der Waals surface area contributed by atoms with Crippen molar-refractivity contribution >= 4 is 11.6 Å². The Morgan fingerprint density at radius 3 is 2.86 bits per heavy atom. The third-order valence-corrected chi connectivity index (χ3v) is 4.17. The van der Waals surface area contributed by atoms with Gasteiger partial charge in [-0.15, -0.1) is 0 Å². The lowest BCUT2D eigenvalue weighted by Gasteiger charge is -2.20. The van der Waals surface area contributed by atoms with E-state index in [9.17, 15) is 4.79 Å². The molecule has 1 aliphatic rings. The molecule has 0 saturated heterocycles. The normalized spacial score (nSPS) is 13.8. The van der Waals surface area contributed by atoms with Crippen LogP contribution in [-0.4, -0.2) is 12.5 Å². The second-order valence-corrected chi connectivity index (χ2v) is 5.94. The summed E-state index contributed by atoms with van der Waals surface area (Å²) in [6, 6.07) is 6.21. The molecule has 0 aromatic heterocycles. The first kappa shape index (κ1) is 16.0. The van der Waals surface area contributed by atoms with Crippen LogP contribution in [0.1, 0.15) is 63.0 Å². The molecule has 0 radical (unpaired) electrons. The first-order chi connectivity index (χ1) is 10.3. The molecule has 3 heteroatoms. The molecule has 21 heavy (non-hydrogen) atoms. The smallest absolute Gasteiger partial charge is 0.224 e. The predicted molar refractivity (Wildman–Crippen MR) is 88.5 cm³/mol. The third-order valence-electron chi connectivity index (χ3n) is 4.17. The fourth-order valence-corrected chi connectivity index (χ4v) is 2.93. The van der Waals surface area contributed by atoms with Gasteiger partial charge in [0.25, 0.3) is 0 Å². The van der Waals surface area contributed by atoms with Crippen LogP contribution in [0.25, 0.3) is 0 Å². The van der Waals surface area contributed by atoms with Crippen molar-refractivity contribution in [3.8, 4) is 0 Å². The van der Waals surface area contributed by atoms with Crippen molar-refractivity contribution in [1.29, 1.82) is 0 Å². The largest absolute Gasteiger partial charge is 0.326 e. The van der Waals surface area contributed by atoms with E-state index >= 15 is 0 Å². The highest BCUT2D eigenvalue weighted by atomic mass is 16.1. The van der Waals surface area contributed by atoms with Gasteiger partial charge in [-0.2, -0.15) is 0 Å². The summed E-state index contributed by atoms with van der Waals surface area (Å²) in [6.07, 6.45) is 8.98. The molecule has 0 unspecified atom stereocenters. The third kappa shape index (κ3) is 5.16. The van der Waals surface area contributed by atoms with Gasteiger partial charge in [0, 0.05) is 18.7 Å². The Balaban J connectivity index is 1.75. The summed E-state index contributed by atoms with van der Waals surface area (Å²) in [5, 5.41) is 6.47. The number of fused-ring (bicyclic) bond motifs is 1. The summed E-state index contributed by atoms with van der Waals surface area (Å²) in [7, 11) is 0. The Hall–Kier alpha value is -1.35. The van der Waals surface area contributed by atoms with Crippen LogP contribution in [0.3, 0.4) is 0 Å². The number of anilines is 1. The zero-order chi connectivity index (χ0) is 14.9. The molecule has 3 nitrogen and oxygen atoms in total. The molecular weight excluding hydrogens is 260 g/mol. The molecule has 1 aromatic carbocycles. The van der Waals surface area contributed by atoms with E-state index in [0.717, 1.165) is 31.6 Å². The van der Waals surface area contributed by atoms with Crippen LogP contribution in [0.2, 0.25) is 0 Å². The predicted octanol–water partition coefficient (Wildman–Crippen LogP) is 4.02. The van der Waals surface area contributed by atoms with Crippen molar-refractivity contribution in [2.45, 2.75) is 64.8 Å². The van der Waals surface area contributed by atoms with E-state index in [-0.39, 0.29) is 5.91 Å². The quantitative estimate of drug-likeness (QED) is 0.709. The van der Waals surface area contributed by atoms with Crippen LogP contribution in [-0.2, 0) is 17.8 Å². The van der Waals surface area contributed by atoms with Crippen molar-refractivity contribution in [2.75, 3.05) is 11.9 Å². The fraction of sp³-hybridized carbons (Fsp3) is 0.611. The second kappa shape index (κ2) is 8.83. The van der Waals surface area contributed by atoms with Crippen LogP contribution in [0.15, 0.2) is 18.2 Å². The van der Waals surface area contributed by atoms with Crippen molar-refractivity contribution < 1.29 is 4.79 Å². The summed E-state index contributed by atoms with van der Waals surface area (Å²) in [5.41, 5.74) is 3.65. The van der Waals surface area contributed by atoms with Gasteiger partial charge in [0.05, 0.1) is 0 Å². The molecule has 0 atom stereocenters. The lowest BCUT2D eigenvalue weighted by molar-refractivity contribution is -0.116. The van der Waals surface area contributed by atoms with Gasteiger partial charge in [-0.1, -0.05) is 51.2 Å². The standard InChI is InChI=1S/C18H28N2O/c1-2-3-4-5-6-7-11-18(21)20-17-10-8-9-15-14-19-13-12-16(15)17/h8-10,19H,2-7,11-14H2,1H3,(H,20,21). The van der Waals surface area contributed by atoms with E-state index in [1.165, 1.54) is 43.2 Å². The molecule has 116 valence electrons. The summed E-state index contributed by atoms with van der Waals surface area (Å²) in [5.74, 6) is 0.164. The maximum atomic E-state index is 12.1. The SMILES string of the molecule is CCCCCCCCC(=O)Nc1cccc2c1CCNC2. The van der Waals surface area contributed by atoms with Crippen molar-refractivity contribution in [3.05, 3.63) is 29.3 Å². The van der Waals surface area contributed by atoms with Gasteiger partial charge in [0.15, 0.2) is 0 Å². The lowest BCUT2D eigenvalue weighted by atomic mass is 9.99. The Morgan fingerprint density at radius 2 is 2.00 bits per heavy atom. The number of carbonyl (C=O) groups is 1. The van der Waals surface area contributed by atoms with E-state index in [4.69, 9.17) is 0 Å². The first-order valence-corrected chi connectivity index (χ1v) is 8.42. The number of nitrogens with one attached hydrogen (secondary N) is 2. The van der Waals surface area contributed by atoms with Crippen molar-refractivity contribution in [3.63, 3.8) is 0 Å². The van der Waals surface area contributed by atoms with Crippen molar-refractivity contribution in [1.82, 2.24) is 5.32 Å². The molecule has 1 aromatic rings. The van der Waals surface area contributed by atoms with Gasteiger partial charge < -0.3 is 10.6 Å². The van der Waals surface area contributed by atoms with Gasteiger partial charge in [-0.3, -0.25) is 4.79 Å². The van der Waals surface area contributed by atoms with Crippen LogP contribution in [0, 0.1) is 0 Å². The number of hydrogen-bond acceptors (Lipinski definition) is 2. The van der Waals surface area contributed by atoms with E-state index in [1.54, 1.807) is 0 Å². The van der Waals surface area contributed by atoms with Gasteiger partial charge in [-0.05, 0) is 36.6 Å². The van der Waals surface area contributed by atoms with Crippen LogP contribution >= 0.6 is 0 Å². The van der Waals surface area contributed by atoms with E-state index in [2.05, 4.69) is 23.6 Å². The Labute approximate surface area is 128 Å². The van der Waals surface area contributed by atoms with Crippen LogP contribution < -0.4 is 10.6 Å². The number of benzene rings is 1. The number of amides is 1. The molecule has 0 fully saturated rings. The highest BCUT2D eigenvalue weighted by Crippen LogP contribution is 2.23. The van der Waals surface area contributed by atoms with Gasteiger partial charge >= 0.3 is 0 Å². The molecule has 1 heterocycles. The van der Waals surface area contributed by atoms with E-state index in [0.29, 0.717) is 6.42 Å². The molecule has 0 bridgehead atoms. The monoisotopic (exact) mass is 288 g/mol. The second-order valence-electron chi connectivity index (χ2n) is 5.94. The molecule has 1 amide bonds. The number of rotatable bonds is 8. The molecular formula is C18H28N2O. The minimum Gasteiger partial charge on any atom is -0.326 e. The molecule has 0 aliphatic carbocycles. The minimum absolute atomic E-state index is 0.164. The highest BCUT2D eigenvalue weighted by molar-refractivity contribution is 5.91. The maximum Gasteiger partial charge on any atom is 0.224 e. The zero-order valence-corrected chi connectivity index (χ0v) is 13.2. The first-order valence-electron chi connectivity index (χ1n) is 8.42. The topological polar surface area (TPSA) is 41.1 Å². The molecule has 2 rings (SSSR count). The summed E-state index contributed by atoms with van der Waals surface area (Å²) >= 11 is 0. The number of unbranched alkanes of at least 4 members (excludes halogenated alkanes) is 5. The van der Waals surface area contributed by atoms with Crippen LogP contribution in [0.4, 0.5) is 5.69 Å².